The van der Waals surface area contributed by atoms with Gasteiger partial charge < -0.3 is 14.6 Å². The number of benzene rings is 1. The van der Waals surface area contributed by atoms with Gasteiger partial charge >= 0.3 is 5.97 Å². The maximum Gasteiger partial charge on any atom is 0.348 e. The minimum atomic E-state index is -0.546. The second kappa shape index (κ2) is 9.54. The summed E-state index contributed by atoms with van der Waals surface area (Å²) in [6.07, 6.45) is 1.15. The highest BCUT2D eigenvalue weighted by Gasteiger charge is 2.23. The van der Waals surface area contributed by atoms with Crippen LogP contribution in [0, 0.1) is 29.6 Å². The van der Waals surface area contributed by atoms with Crippen LogP contribution in [0.15, 0.2) is 23.8 Å². The molecule has 0 aliphatic carbocycles. The van der Waals surface area contributed by atoms with E-state index in [1.165, 1.54) is 25.3 Å². The summed E-state index contributed by atoms with van der Waals surface area (Å²) in [7, 11) is 1.41. The third kappa shape index (κ3) is 4.81. The van der Waals surface area contributed by atoms with Crippen LogP contribution in [-0.4, -0.2) is 30.6 Å². The zero-order valence-electron chi connectivity index (χ0n) is 16.1. The lowest BCUT2D eigenvalue weighted by atomic mass is 10.0. The van der Waals surface area contributed by atoms with Gasteiger partial charge in [0, 0.05) is 11.3 Å². The number of thiophene rings is 1. The average Bonchev–Trinajstić information content (AvgIpc) is 3.01. The topological polar surface area (TPSA) is 120 Å². The van der Waals surface area contributed by atoms with E-state index in [-0.39, 0.29) is 40.5 Å². The number of hydrogen-bond donors (Lipinski definition) is 1. The summed E-state index contributed by atoms with van der Waals surface area (Å²) in [5, 5.41) is 28.7. The Labute approximate surface area is 172 Å². The molecule has 0 saturated carbocycles. The number of phenolic OH excluding ortho intramolecular Hbond substituents is 1. The summed E-state index contributed by atoms with van der Waals surface area (Å²) in [4.78, 5) is 25.4. The summed E-state index contributed by atoms with van der Waals surface area (Å²) in [6, 6.07) is 8.35. The SMILES string of the molecule is CCOC(=O)c1sc(CC(=O)/C(C#N)=C/c2ccc(OC)c(O)c2)c(C#N)c1C. The fraction of sp³-hybridized carbons (Fsp3) is 0.238. The molecule has 1 N–H and O–H groups in total. The largest absolute Gasteiger partial charge is 0.504 e. The van der Waals surface area contributed by atoms with E-state index in [2.05, 4.69) is 0 Å². The highest BCUT2D eigenvalue weighted by Crippen LogP contribution is 2.30. The lowest BCUT2D eigenvalue weighted by Crippen LogP contribution is -2.05. The maximum atomic E-state index is 12.6. The molecule has 0 fully saturated rings. The highest BCUT2D eigenvalue weighted by atomic mass is 32.1. The molecule has 2 aromatic rings. The number of methoxy groups -OCH3 is 1. The van der Waals surface area contributed by atoms with E-state index in [0.717, 1.165) is 11.3 Å². The molecule has 148 valence electrons. The molecule has 0 aliphatic rings. The van der Waals surface area contributed by atoms with Crippen LogP contribution in [0.2, 0.25) is 0 Å². The molecule has 1 heterocycles. The van der Waals surface area contributed by atoms with E-state index in [4.69, 9.17) is 9.47 Å². The molecule has 0 radical (unpaired) electrons. The molecular formula is C21H18N2O5S. The molecule has 8 heteroatoms. The normalized spacial score (nSPS) is 10.7. The summed E-state index contributed by atoms with van der Waals surface area (Å²) in [6.45, 7) is 3.50. The van der Waals surface area contributed by atoms with Crippen molar-refractivity contribution in [1.29, 1.82) is 10.5 Å². The van der Waals surface area contributed by atoms with Crippen molar-refractivity contribution >= 4 is 29.2 Å². The average molecular weight is 410 g/mol. The Morgan fingerprint density at radius 3 is 2.59 bits per heavy atom. The first-order valence-electron chi connectivity index (χ1n) is 8.57. The number of phenols is 1. The van der Waals surface area contributed by atoms with Crippen LogP contribution in [0.3, 0.4) is 0 Å². The Morgan fingerprint density at radius 2 is 2.03 bits per heavy atom. The van der Waals surface area contributed by atoms with Crippen molar-refractivity contribution < 1.29 is 24.2 Å². The van der Waals surface area contributed by atoms with Gasteiger partial charge in [0.2, 0.25) is 0 Å². The molecule has 1 aromatic carbocycles. The number of allylic oxidation sites excluding steroid dienone is 1. The van der Waals surface area contributed by atoms with Crippen molar-refractivity contribution in [1.82, 2.24) is 0 Å². The number of carbonyl (C=O) groups excluding carboxylic acids is 2. The number of Topliss-reactive ketones (excluding diaryl/α,β-unsaturated/α-hetero) is 1. The maximum absolute atomic E-state index is 12.6. The van der Waals surface area contributed by atoms with Crippen molar-refractivity contribution in [2.75, 3.05) is 13.7 Å². The van der Waals surface area contributed by atoms with Crippen LogP contribution in [0.5, 0.6) is 11.5 Å². The van der Waals surface area contributed by atoms with E-state index < -0.39 is 11.8 Å². The molecule has 0 aliphatic heterocycles. The van der Waals surface area contributed by atoms with Gasteiger partial charge in [-0.25, -0.2) is 4.79 Å². The molecule has 0 unspecified atom stereocenters. The first-order valence-corrected chi connectivity index (χ1v) is 9.39. The lowest BCUT2D eigenvalue weighted by Gasteiger charge is -2.04. The van der Waals surface area contributed by atoms with E-state index >= 15 is 0 Å². The van der Waals surface area contributed by atoms with Crippen molar-refractivity contribution in [2.24, 2.45) is 0 Å². The van der Waals surface area contributed by atoms with Crippen molar-refractivity contribution in [3.8, 4) is 23.6 Å². The minimum Gasteiger partial charge on any atom is -0.504 e. The number of hydrogen-bond acceptors (Lipinski definition) is 8. The third-order valence-electron chi connectivity index (χ3n) is 4.05. The van der Waals surface area contributed by atoms with Crippen LogP contribution in [0.4, 0.5) is 0 Å². The monoisotopic (exact) mass is 410 g/mol. The molecular weight excluding hydrogens is 392 g/mol. The molecule has 7 nitrogen and oxygen atoms in total. The summed E-state index contributed by atoms with van der Waals surface area (Å²) >= 11 is 1.02. The molecule has 0 bridgehead atoms. The van der Waals surface area contributed by atoms with E-state index in [0.29, 0.717) is 16.0 Å². The van der Waals surface area contributed by atoms with Gasteiger partial charge in [-0.3, -0.25) is 4.79 Å². The summed E-state index contributed by atoms with van der Waals surface area (Å²) in [5.41, 5.74) is 1.01. The van der Waals surface area contributed by atoms with Gasteiger partial charge in [0.25, 0.3) is 0 Å². The van der Waals surface area contributed by atoms with E-state index in [9.17, 15) is 25.2 Å². The minimum absolute atomic E-state index is 0.120. The van der Waals surface area contributed by atoms with Crippen LogP contribution >= 0.6 is 11.3 Å². The number of rotatable bonds is 7. The van der Waals surface area contributed by atoms with Gasteiger partial charge in [0.05, 0.1) is 24.9 Å². The van der Waals surface area contributed by atoms with Gasteiger partial charge in [-0.1, -0.05) is 6.07 Å². The number of aromatic hydroxyl groups is 1. The van der Waals surface area contributed by atoms with E-state index in [1.54, 1.807) is 19.9 Å². The predicted molar refractivity (Wildman–Crippen MR) is 107 cm³/mol. The standard InChI is InChI=1S/C21H18N2O5S/c1-4-28-21(26)20-12(2)15(11-23)19(29-20)9-16(24)14(10-22)7-13-5-6-18(27-3)17(25)8-13/h5-8,25H,4,9H2,1-3H3/b14-7+. The number of nitriles is 2. The smallest absolute Gasteiger partial charge is 0.348 e. The number of ether oxygens (including phenoxy) is 2. The van der Waals surface area contributed by atoms with Crippen molar-refractivity contribution in [3.63, 3.8) is 0 Å². The molecule has 29 heavy (non-hydrogen) atoms. The second-order valence-electron chi connectivity index (χ2n) is 5.89. The fourth-order valence-electron chi connectivity index (χ4n) is 2.62. The first kappa shape index (κ1) is 21.7. The Kier molecular flexibility index (Phi) is 7.13. The Balaban J connectivity index is 2.34. The van der Waals surface area contributed by atoms with Crippen LogP contribution < -0.4 is 4.74 Å². The molecule has 0 spiro atoms. The van der Waals surface area contributed by atoms with Crippen LogP contribution in [0.25, 0.3) is 6.08 Å². The highest BCUT2D eigenvalue weighted by molar-refractivity contribution is 7.14. The summed E-state index contributed by atoms with van der Waals surface area (Å²) in [5.74, 6) is -0.900. The molecule has 0 amide bonds. The van der Waals surface area contributed by atoms with Crippen molar-refractivity contribution in [2.45, 2.75) is 20.3 Å². The van der Waals surface area contributed by atoms with Gasteiger partial charge in [-0.05, 0) is 43.2 Å². The van der Waals surface area contributed by atoms with E-state index in [1.807, 2.05) is 12.1 Å². The first-order chi connectivity index (χ1) is 13.9. The Hall–Kier alpha value is -3.62. The van der Waals surface area contributed by atoms with Gasteiger partial charge in [-0.2, -0.15) is 10.5 Å². The molecule has 1 aromatic heterocycles. The quantitative estimate of drug-likeness (QED) is 0.421. The van der Waals surface area contributed by atoms with Gasteiger partial charge in [0.15, 0.2) is 17.3 Å². The lowest BCUT2D eigenvalue weighted by molar-refractivity contribution is -0.114. The second-order valence-corrected chi connectivity index (χ2v) is 6.99. The van der Waals surface area contributed by atoms with Gasteiger partial charge in [-0.15, -0.1) is 11.3 Å². The molecule has 0 saturated heterocycles. The van der Waals surface area contributed by atoms with Crippen LogP contribution in [-0.2, 0) is 16.0 Å². The zero-order chi connectivity index (χ0) is 21.6. The zero-order valence-corrected chi connectivity index (χ0v) is 16.9. The number of esters is 1. The van der Waals surface area contributed by atoms with Gasteiger partial charge in [0.1, 0.15) is 17.0 Å². The van der Waals surface area contributed by atoms with Crippen LogP contribution in [0.1, 0.15) is 38.2 Å². The molecule has 2 rings (SSSR count). The Bertz CT molecular complexity index is 1070. The fourth-order valence-corrected chi connectivity index (χ4v) is 3.76. The molecule has 0 atom stereocenters. The van der Waals surface area contributed by atoms with Crippen molar-refractivity contribution in [3.05, 3.63) is 50.2 Å². The number of ketones is 1. The third-order valence-corrected chi connectivity index (χ3v) is 5.32. The number of nitrogens with zero attached hydrogens (tertiary/aromatic N) is 2. The summed E-state index contributed by atoms with van der Waals surface area (Å²) < 4.78 is 9.95. The predicted octanol–water partition coefficient (Wildman–Crippen LogP) is 3.54. The Morgan fingerprint density at radius 1 is 1.31 bits per heavy atom. The number of carbonyl (C=O) groups is 2.